The van der Waals surface area contributed by atoms with Gasteiger partial charge in [-0.15, -0.1) is 45.6 Å². The molecule has 2 unspecified atom stereocenters. The van der Waals surface area contributed by atoms with Crippen molar-refractivity contribution < 1.29 is 38.1 Å². The number of carbonyl (C=O) groups is 3. The van der Waals surface area contributed by atoms with Crippen molar-refractivity contribution >= 4 is 93.6 Å². The molecule has 1 N–H and O–H groups in total. The van der Waals surface area contributed by atoms with Gasteiger partial charge in [-0.2, -0.15) is 0 Å². The fourth-order valence-corrected chi connectivity index (χ4v) is 12.1. The molecule has 0 aromatic carbocycles. The number of hydrogen-bond donors (Lipinski definition) is 1. The predicted molar refractivity (Wildman–Crippen MR) is 291 cm³/mol. The lowest BCUT2D eigenvalue weighted by Gasteiger charge is -2.23. The van der Waals surface area contributed by atoms with Crippen molar-refractivity contribution in [1.29, 1.82) is 0 Å². The first-order valence-corrected chi connectivity index (χ1v) is 26.9. The highest BCUT2D eigenvalue weighted by atomic mass is 35.5. The van der Waals surface area contributed by atoms with Gasteiger partial charge in [0.1, 0.15) is 14.5 Å². The Hall–Kier alpha value is -6.21. The molecular formula is C55H59ClN6O8S3. The molecule has 18 heteroatoms. The van der Waals surface area contributed by atoms with E-state index in [1.165, 1.54) is 53.3 Å². The van der Waals surface area contributed by atoms with E-state index in [1.807, 2.05) is 38.2 Å². The van der Waals surface area contributed by atoms with E-state index >= 15 is 0 Å². The van der Waals surface area contributed by atoms with Crippen LogP contribution < -0.4 is 14.2 Å². The van der Waals surface area contributed by atoms with E-state index < -0.39 is 0 Å². The van der Waals surface area contributed by atoms with Gasteiger partial charge < -0.3 is 37.8 Å². The third-order valence-electron chi connectivity index (χ3n) is 12.6. The number of alkyl halides is 1. The quantitative estimate of drug-likeness (QED) is 0.0915. The summed E-state index contributed by atoms with van der Waals surface area (Å²) >= 11 is 10.1. The largest absolute Gasteiger partial charge is 0.481 e. The second-order valence-corrected chi connectivity index (χ2v) is 21.3. The lowest BCUT2D eigenvalue weighted by molar-refractivity contribution is 0.0487. The topological polar surface area (TPSA) is 162 Å². The Morgan fingerprint density at radius 2 is 1.10 bits per heavy atom. The van der Waals surface area contributed by atoms with Gasteiger partial charge in [0.15, 0.2) is 0 Å². The lowest BCUT2D eigenvalue weighted by Crippen LogP contribution is -2.22. The summed E-state index contributed by atoms with van der Waals surface area (Å²) in [7, 11) is 6.68. The van der Waals surface area contributed by atoms with Crippen molar-refractivity contribution in [2.24, 2.45) is 18.9 Å². The molecule has 9 aromatic rings. The minimum absolute atomic E-state index is 0.000920. The second-order valence-electron chi connectivity index (χ2n) is 17.9. The monoisotopic (exact) mass is 1060 g/mol. The predicted octanol–water partition coefficient (Wildman–Crippen LogP) is 12.1. The number of pyridine rings is 3. The Balaban J connectivity index is 0.000000137. The van der Waals surface area contributed by atoms with Gasteiger partial charge in [0, 0.05) is 125 Å². The van der Waals surface area contributed by atoms with Crippen molar-refractivity contribution in [3.8, 4) is 17.6 Å². The Morgan fingerprint density at radius 1 is 0.630 bits per heavy atom. The van der Waals surface area contributed by atoms with E-state index in [-0.39, 0.29) is 17.3 Å². The third-order valence-corrected chi connectivity index (χ3v) is 16.5. The van der Waals surface area contributed by atoms with Crippen molar-refractivity contribution in [3.63, 3.8) is 0 Å². The van der Waals surface area contributed by atoms with E-state index in [0.29, 0.717) is 51.0 Å². The number of nitrogens with zero attached hydrogens (tertiary/aromatic N) is 5. The van der Waals surface area contributed by atoms with Gasteiger partial charge >= 0.3 is 0 Å². The van der Waals surface area contributed by atoms with Crippen molar-refractivity contribution in [1.82, 2.24) is 29.1 Å². The number of aryl methyl sites for hydroxylation is 4. The average Bonchev–Trinajstić information content (AvgIpc) is 4.29. The molecule has 382 valence electrons. The first-order valence-electron chi connectivity index (χ1n) is 24.0. The van der Waals surface area contributed by atoms with Crippen LogP contribution >= 0.6 is 45.6 Å². The zero-order valence-corrected chi connectivity index (χ0v) is 45.2. The smallest absolute Gasteiger partial charge is 0.212 e. The van der Waals surface area contributed by atoms with Crippen LogP contribution in [0.3, 0.4) is 0 Å². The normalized spacial score (nSPS) is 15.4. The second kappa shape index (κ2) is 24.7. The molecule has 0 spiro atoms. The van der Waals surface area contributed by atoms with Crippen LogP contribution in [0.1, 0.15) is 88.5 Å². The van der Waals surface area contributed by atoms with Crippen LogP contribution in [0.5, 0.6) is 17.6 Å². The third kappa shape index (κ3) is 12.9. The summed E-state index contributed by atoms with van der Waals surface area (Å²) in [5.74, 6) is 3.46. The number of H-pyrrole nitrogens is 1. The summed E-state index contributed by atoms with van der Waals surface area (Å²) in [6, 6.07) is 22.5. The minimum Gasteiger partial charge on any atom is -0.481 e. The molecule has 2 fully saturated rings. The van der Waals surface area contributed by atoms with Crippen LogP contribution in [-0.4, -0.2) is 100 Å². The summed E-state index contributed by atoms with van der Waals surface area (Å²) in [4.78, 5) is 58.6. The molecule has 11 rings (SSSR count). The molecule has 0 amide bonds. The Labute approximate surface area is 441 Å². The van der Waals surface area contributed by atoms with Gasteiger partial charge in [0.2, 0.25) is 35.0 Å². The van der Waals surface area contributed by atoms with Gasteiger partial charge in [-0.1, -0.05) is 0 Å². The van der Waals surface area contributed by atoms with Crippen LogP contribution in [0.25, 0.3) is 30.6 Å². The summed E-state index contributed by atoms with van der Waals surface area (Å²) in [6.07, 6.45) is 9.45. The van der Waals surface area contributed by atoms with Gasteiger partial charge in [0.25, 0.3) is 0 Å². The number of hydrogen-bond acceptors (Lipinski definition) is 14. The summed E-state index contributed by atoms with van der Waals surface area (Å²) in [5, 5.41) is 3.32. The zero-order valence-electron chi connectivity index (χ0n) is 42.0. The van der Waals surface area contributed by atoms with E-state index in [4.69, 9.17) is 35.3 Å². The highest BCUT2D eigenvalue weighted by Gasteiger charge is 2.21. The van der Waals surface area contributed by atoms with Crippen molar-refractivity contribution in [3.05, 3.63) is 140 Å². The number of halogens is 1. The van der Waals surface area contributed by atoms with Crippen LogP contribution in [0, 0.1) is 32.6 Å². The Morgan fingerprint density at radius 3 is 1.52 bits per heavy atom. The molecule has 2 aliphatic rings. The fraction of sp³-hybridized carbons (Fsp3) is 0.345. The standard InChI is InChI=1S/C20H22N2O3S.C15H14N2O2S.C14H12N2O2S.C6H11ClO/c1-13-8-16-9-17(19(23)15-5-6-18(24-2)21-10-15)26-20(16)22(13)11-14-4-3-7-25-12-14;1-9-6-11-7-12(20-15(11)17(9)2)14(18)10-4-5-13(19-3)16-8-10;1-8-5-10-6-11(19-14(10)16-8)13(17)9-3-4-12(18-2)15-7-9;7-4-6-2-1-3-8-5-6/h5-6,8-10,14H,3-4,7,11-12H2,1-2H3;4-8H,1-3H3;3-7,16H,1-2H3;6H,1-5H2. The molecule has 73 heavy (non-hydrogen) atoms. The SMILES string of the molecule is COc1ccc(C(=O)c2cc3cc(C)[nH]c3s2)cn1.COc1ccc(C(=O)c2cc3cc(C)n(C)c3s2)cn1.COc1ccc(C(=O)c2cc3cc(C)n(CC4CCCOC4)c3s2)cn1.ClCC1CCCOC1. The van der Waals surface area contributed by atoms with Crippen molar-refractivity contribution in [2.45, 2.75) is 53.0 Å². The molecule has 0 aliphatic carbocycles. The molecule has 0 bridgehead atoms. The molecule has 9 aromatic heterocycles. The van der Waals surface area contributed by atoms with Gasteiger partial charge in [-0.05, 0) is 107 Å². The summed E-state index contributed by atoms with van der Waals surface area (Å²) < 4.78 is 30.3. The van der Waals surface area contributed by atoms with E-state index in [2.05, 4.69) is 55.1 Å². The van der Waals surface area contributed by atoms with Gasteiger partial charge in [0.05, 0.1) is 49.2 Å². The number of ether oxygens (including phenoxy) is 5. The number of fused-ring (bicyclic) bond motifs is 3. The maximum Gasteiger partial charge on any atom is 0.212 e. The molecule has 2 aliphatic heterocycles. The molecule has 0 saturated carbocycles. The lowest BCUT2D eigenvalue weighted by atomic mass is 10.0. The van der Waals surface area contributed by atoms with Crippen LogP contribution in [0.2, 0.25) is 0 Å². The number of ketones is 3. The first kappa shape index (κ1) is 53.1. The first-order chi connectivity index (χ1) is 35.3. The molecule has 2 saturated heterocycles. The Bertz CT molecular complexity index is 3250. The van der Waals surface area contributed by atoms with Gasteiger partial charge in [-0.25, -0.2) is 15.0 Å². The van der Waals surface area contributed by atoms with E-state index in [9.17, 15) is 14.4 Å². The number of carbonyl (C=O) groups excluding carboxylic acids is 3. The number of nitrogens with one attached hydrogen (secondary N) is 1. The van der Waals surface area contributed by atoms with Gasteiger partial charge in [-0.3, -0.25) is 14.4 Å². The highest BCUT2D eigenvalue weighted by molar-refractivity contribution is 7.21. The number of thiophene rings is 3. The van der Waals surface area contributed by atoms with E-state index in [1.54, 1.807) is 87.7 Å². The number of aromatic amines is 1. The Kier molecular flexibility index (Phi) is 17.9. The average molecular weight is 1060 g/mol. The number of aromatic nitrogens is 6. The minimum atomic E-state index is -0.0117. The summed E-state index contributed by atoms with van der Waals surface area (Å²) in [5.41, 5.74) is 5.26. The maximum atomic E-state index is 12.8. The van der Waals surface area contributed by atoms with Crippen LogP contribution in [-0.2, 0) is 23.1 Å². The molecular weight excluding hydrogens is 1000 g/mol. The van der Waals surface area contributed by atoms with Crippen molar-refractivity contribution in [2.75, 3.05) is 53.6 Å². The molecule has 11 heterocycles. The molecule has 0 radical (unpaired) electrons. The fourth-order valence-electron chi connectivity index (χ4n) is 8.51. The molecule has 14 nitrogen and oxygen atoms in total. The number of methoxy groups -OCH3 is 3. The van der Waals surface area contributed by atoms with Crippen LogP contribution in [0.15, 0.2) is 91.4 Å². The van der Waals surface area contributed by atoms with E-state index in [0.717, 1.165) is 91.4 Å². The maximum absolute atomic E-state index is 12.8. The number of rotatable bonds is 12. The molecule has 2 atom stereocenters. The summed E-state index contributed by atoms with van der Waals surface area (Å²) in [6.45, 7) is 10.7. The zero-order chi connectivity index (χ0) is 51.6. The highest BCUT2D eigenvalue weighted by Crippen LogP contribution is 2.33. The van der Waals surface area contributed by atoms with Crippen LogP contribution in [0.4, 0.5) is 0 Å².